The molecule has 1 N–H and O–H groups in total. The second kappa shape index (κ2) is 6.88. The van der Waals surface area contributed by atoms with Crippen LogP contribution in [0.15, 0.2) is 59.0 Å². The molecule has 0 bridgehead atoms. The molecule has 0 fully saturated rings. The van der Waals surface area contributed by atoms with Gasteiger partial charge in [0.15, 0.2) is 6.61 Å². The number of rotatable bonds is 5. The van der Waals surface area contributed by atoms with E-state index in [0.29, 0.717) is 17.1 Å². The van der Waals surface area contributed by atoms with Gasteiger partial charge in [0.25, 0.3) is 5.91 Å². The molecule has 0 radical (unpaired) electrons. The van der Waals surface area contributed by atoms with E-state index in [1.807, 2.05) is 43.3 Å². The zero-order valence-corrected chi connectivity index (χ0v) is 13.2. The Morgan fingerprint density at radius 2 is 2.08 bits per heavy atom. The number of nitrogens with one attached hydrogen (secondary N) is 1. The largest absolute Gasteiger partial charge is 0.484 e. The van der Waals surface area contributed by atoms with Gasteiger partial charge in [-0.3, -0.25) is 4.79 Å². The van der Waals surface area contributed by atoms with E-state index >= 15 is 0 Å². The number of carbonyl (C=O) groups excluding carboxylic acids is 1. The van der Waals surface area contributed by atoms with Gasteiger partial charge in [-0.25, -0.2) is 0 Å². The first-order valence-corrected chi connectivity index (χ1v) is 7.56. The molecule has 0 unspecified atom stereocenters. The summed E-state index contributed by atoms with van der Waals surface area (Å²) in [5.41, 5.74) is 1.28. The molecule has 5 heteroatoms. The molecule has 2 aromatic carbocycles. The van der Waals surface area contributed by atoms with Gasteiger partial charge >= 0.3 is 0 Å². The summed E-state index contributed by atoms with van der Waals surface area (Å²) in [6.07, 6.45) is 0. The van der Waals surface area contributed by atoms with Crippen LogP contribution in [0.3, 0.4) is 0 Å². The highest BCUT2D eigenvalue weighted by atomic mass is 16.5. The zero-order valence-electron chi connectivity index (χ0n) is 13.2. The van der Waals surface area contributed by atoms with Gasteiger partial charge < -0.3 is 14.5 Å². The number of nitrogens with zero attached hydrogens (tertiary/aromatic N) is 1. The maximum atomic E-state index is 12.0. The Labute approximate surface area is 139 Å². The maximum absolute atomic E-state index is 12.0. The molecule has 0 saturated carbocycles. The van der Waals surface area contributed by atoms with E-state index in [1.165, 1.54) is 0 Å². The van der Waals surface area contributed by atoms with Crippen LogP contribution in [0, 0.1) is 11.3 Å². The van der Waals surface area contributed by atoms with Crippen LogP contribution in [0.2, 0.25) is 0 Å². The average Bonchev–Trinajstić information content (AvgIpc) is 3.04. The van der Waals surface area contributed by atoms with Crippen molar-refractivity contribution in [1.82, 2.24) is 5.32 Å². The Kier molecular flexibility index (Phi) is 4.48. The van der Waals surface area contributed by atoms with E-state index in [9.17, 15) is 4.79 Å². The van der Waals surface area contributed by atoms with E-state index in [4.69, 9.17) is 14.4 Å². The number of para-hydroxylation sites is 1. The highest BCUT2D eigenvalue weighted by molar-refractivity contribution is 5.79. The van der Waals surface area contributed by atoms with Crippen molar-refractivity contribution in [2.45, 2.75) is 13.0 Å². The number of hydrogen-bond donors (Lipinski definition) is 1. The highest BCUT2D eigenvalue weighted by Gasteiger charge is 2.14. The summed E-state index contributed by atoms with van der Waals surface area (Å²) >= 11 is 0. The molecular formula is C19H16N2O3. The van der Waals surface area contributed by atoms with Crippen LogP contribution in [0.25, 0.3) is 11.0 Å². The highest BCUT2D eigenvalue weighted by Crippen LogP contribution is 2.23. The molecule has 0 aliphatic rings. The number of benzene rings is 2. The minimum absolute atomic E-state index is 0.126. The summed E-state index contributed by atoms with van der Waals surface area (Å²) in [6.45, 7) is 1.73. The van der Waals surface area contributed by atoms with Crippen molar-refractivity contribution in [3.05, 3.63) is 65.9 Å². The van der Waals surface area contributed by atoms with Crippen LogP contribution in [0.4, 0.5) is 0 Å². The number of carbonyl (C=O) groups is 1. The Bertz CT molecular complexity index is 875. The van der Waals surface area contributed by atoms with Crippen LogP contribution in [0.5, 0.6) is 5.75 Å². The van der Waals surface area contributed by atoms with Gasteiger partial charge in [-0.1, -0.05) is 24.3 Å². The summed E-state index contributed by atoms with van der Waals surface area (Å²) in [4.78, 5) is 12.0. The molecular weight excluding hydrogens is 304 g/mol. The van der Waals surface area contributed by atoms with Gasteiger partial charge in [0.2, 0.25) is 0 Å². The van der Waals surface area contributed by atoms with E-state index in [-0.39, 0.29) is 18.6 Å². The monoisotopic (exact) mass is 320 g/mol. The van der Waals surface area contributed by atoms with Gasteiger partial charge in [0, 0.05) is 5.39 Å². The average molecular weight is 320 g/mol. The number of nitriles is 1. The van der Waals surface area contributed by atoms with Crippen molar-refractivity contribution in [1.29, 1.82) is 5.26 Å². The van der Waals surface area contributed by atoms with Crippen molar-refractivity contribution in [3.63, 3.8) is 0 Å². The minimum Gasteiger partial charge on any atom is -0.484 e. The molecule has 0 aliphatic carbocycles. The normalized spacial score (nSPS) is 11.7. The fourth-order valence-electron chi connectivity index (χ4n) is 2.37. The van der Waals surface area contributed by atoms with Crippen LogP contribution < -0.4 is 10.1 Å². The standard InChI is InChI=1S/C19H16N2O3/c1-13(18-10-15-6-2-3-8-17(15)24-18)21-19(22)12-23-16-7-4-5-14(9-16)11-20/h2-10,13H,12H2,1H3,(H,21,22)/t13-/m0/s1. The molecule has 0 spiro atoms. The molecule has 3 rings (SSSR count). The van der Waals surface area contributed by atoms with E-state index in [0.717, 1.165) is 11.0 Å². The minimum atomic E-state index is -0.265. The van der Waals surface area contributed by atoms with Crippen LogP contribution in [-0.2, 0) is 4.79 Å². The van der Waals surface area contributed by atoms with Crippen molar-refractivity contribution in [2.75, 3.05) is 6.61 Å². The van der Waals surface area contributed by atoms with Crippen molar-refractivity contribution in [2.24, 2.45) is 0 Å². The lowest BCUT2D eigenvalue weighted by Gasteiger charge is -2.12. The van der Waals surface area contributed by atoms with E-state index < -0.39 is 0 Å². The SMILES string of the molecule is C[C@H](NC(=O)COc1cccc(C#N)c1)c1cc2ccccc2o1. The van der Waals surface area contributed by atoms with Gasteiger partial charge in [0.1, 0.15) is 17.1 Å². The van der Waals surface area contributed by atoms with Gasteiger partial charge in [-0.2, -0.15) is 5.26 Å². The number of amides is 1. The molecule has 1 heterocycles. The Hall–Kier alpha value is -3.26. The van der Waals surface area contributed by atoms with Gasteiger partial charge in [-0.05, 0) is 37.3 Å². The Morgan fingerprint density at radius 3 is 2.88 bits per heavy atom. The molecule has 1 atom stereocenters. The summed E-state index contributed by atoms with van der Waals surface area (Å²) in [7, 11) is 0. The fourth-order valence-corrected chi connectivity index (χ4v) is 2.37. The first-order chi connectivity index (χ1) is 11.7. The number of furan rings is 1. The Balaban J connectivity index is 1.58. The molecule has 1 amide bonds. The third kappa shape index (κ3) is 3.55. The lowest BCUT2D eigenvalue weighted by molar-refractivity contribution is -0.123. The van der Waals surface area contributed by atoms with Crippen molar-refractivity contribution >= 4 is 16.9 Å². The molecule has 120 valence electrons. The predicted molar refractivity (Wildman–Crippen MR) is 89.4 cm³/mol. The summed E-state index contributed by atoms with van der Waals surface area (Å²) in [5, 5.41) is 12.7. The van der Waals surface area contributed by atoms with Crippen LogP contribution >= 0.6 is 0 Å². The maximum Gasteiger partial charge on any atom is 0.258 e. The summed E-state index contributed by atoms with van der Waals surface area (Å²) in [5.74, 6) is 0.918. The van der Waals surface area contributed by atoms with Crippen molar-refractivity contribution < 1.29 is 13.9 Å². The smallest absolute Gasteiger partial charge is 0.258 e. The summed E-state index contributed by atoms with van der Waals surface area (Å²) < 4.78 is 11.1. The van der Waals surface area contributed by atoms with E-state index in [1.54, 1.807) is 24.3 Å². The first-order valence-electron chi connectivity index (χ1n) is 7.56. The van der Waals surface area contributed by atoms with Gasteiger partial charge in [0.05, 0.1) is 17.7 Å². The third-order valence-corrected chi connectivity index (χ3v) is 3.58. The Morgan fingerprint density at radius 1 is 1.25 bits per heavy atom. The molecule has 24 heavy (non-hydrogen) atoms. The predicted octanol–water partition coefficient (Wildman–Crippen LogP) is 3.56. The molecule has 0 aliphatic heterocycles. The van der Waals surface area contributed by atoms with Gasteiger partial charge in [-0.15, -0.1) is 0 Å². The number of hydrogen-bond acceptors (Lipinski definition) is 4. The fraction of sp³-hybridized carbons (Fsp3) is 0.158. The van der Waals surface area contributed by atoms with Crippen LogP contribution in [-0.4, -0.2) is 12.5 Å². The topological polar surface area (TPSA) is 75.3 Å². The molecule has 5 nitrogen and oxygen atoms in total. The molecule has 0 saturated heterocycles. The van der Waals surface area contributed by atoms with Crippen molar-refractivity contribution in [3.8, 4) is 11.8 Å². The quantitative estimate of drug-likeness (QED) is 0.780. The second-order valence-corrected chi connectivity index (χ2v) is 5.40. The lowest BCUT2D eigenvalue weighted by atomic mass is 10.2. The summed E-state index contributed by atoms with van der Waals surface area (Å²) in [6, 6.07) is 18.1. The third-order valence-electron chi connectivity index (χ3n) is 3.58. The zero-order chi connectivity index (χ0) is 16.9. The van der Waals surface area contributed by atoms with E-state index in [2.05, 4.69) is 5.32 Å². The number of fused-ring (bicyclic) bond motifs is 1. The second-order valence-electron chi connectivity index (χ2n) is 5.40. The number of ether oxygens (including phenoxy) is 1. The van der Waals surface area contributed by atoms with Crippen LogP contribution in [0.1, 0.15) is 24.3 Å². The molecule has 1 aromatic heterocycles. The molecule has 3 aromatic rings. The first kappa shape index (κ1) is 15.6. The lowest BCUT2D eigenvalue weighted by Crippen LogP contribution is -2.31.